The molecule has 1 unspecified atom stereocenters. The van der Waals surface area contributed by atoms with E-state index in [9.17, 15) is 0 Å². The Morgan fingerprint density at radius 1 is 1.44 bits per heavy atom. The van der Waals surface area contributed by atoms with Crippen molar-refractivity contribution >= 4 is 0 Å². The number of likely N-dealkylation sites (tertiary alicyclic amines) is 1. The zero-order valence-electron chi connectivity index (χ0n) is 11.6. The summed E-state index contributed by atoms with van der Waals surface area (Å²) >= 11 is 0. The van der Waals surface area contributed by atoms with Crippen molar-refractivity contribution in [3.8, 4) is 0 Å². The Morgan fingerprint density at radius 2 is 2.33 bits per heavy atom. The smallest absolute Gasteiger partial charge is 0.146 e. The van der Waals surface area contributed by atoms with Gasteiger partial charge in [-0.15, -0.1) is 10.2 Å². The lowest BCUT2D eigenvalue weighted by Crippen LogP contribution is -2.45. The van der Waals surface area contributed by atoms with Crippen LogP contribution in [0.2, 0.25) is 0 Å². The first kappa shape index (κ1) is 13.5. The van der Waals surface area contributed by atoms with Crippen molar-refractivity contribution < 1.29 is 0 Å². The van der Waals surface area contributed by atoms with E-state index in [4.69, 9.17) is 0 Å². The fourth-order valence-corrected chi connectivity index (χ4v) is 2.58. The summed E-state index contributed by atoms with van der Waals surface area (Å²) in [6, 6.07) is 0.650. The predicted octanol–water partition coefficient (Wildman–Crippen LogP) is 1.26. The maximum Gasteiger partial charge on any atom is 0.146 e. The van der Waals surface area contributed by atoms with E-state index in [0.29, 0.717) is 6.04 Å². The van der Waals surface area contributed by atoms with Crippen LogP contribution in [-0.4, -0.2) is 45.3 Å². The summed E-state index contributed by atoms with van der Waals surface area (Å²) in [4.78, 5) is 2.49. The summed E-state index contributed by atoms with van der Waals surface area (Å²) in [5.74, 6) is 1.09. The van der Waals surface area contributed by atoms with Gasteiger partial charge in [-0.05, 0) is 39.3 Å². The van der Waals surface area contributed by atoms with E-state index in [2.05, 4.69) is 38.8 Å². The lowest BCUT2D eigenvalue weighted by atomic mass is 10.1. The Labute approximate surface area is 110 Å². The van der Waals surface area contributed by atoms with Crippen molar-refractivity contribution in [2.75, 3.05) is 19.6 Å². The minimum Gasteiger partial charge on any atom is -0.317 e. The number of rotatable bonds is 6. The molecule has 1 aliphatic rings. The summed E-state index contributed by atoms with van der Waals surface area (Å²) in [5, 5.41) is 11.8. The lowest BCUT2D eigenvalue weighted by Gasteiger charge is -2.32. The number of nitrogens with zero attached hydrogens (tertiary/aromatic N) is 4. The summed E-state index contributed by atoms with van der Waals surface area (Å²) in [6.07, 6.45) is 5.62. The topological polar surface area (TPSA) is 46.0 Å². The van der Waals surface area contributed by atoms with Gasteiger partial charge in [-0.1, -0.05) is 6.92 Å². The largest absolute Gasteiger partial charge is 0.317 e. The Bertz CT molecular complexity index is 349. The molecule has 1 aromatic rings. The zero-order valence-corrected chi connectivity index (χ0v) is 11.6. The second-order valence-corrected chi connectivity index (χ2v) is 5.06. The van der Waals surface area contributed by atoms with Crippen molar-refractivity contribution in [3.63, 3.8) is 0 Å². The SMILES string of the molecule is CCCNC1CCCN(Cc2nncn2CC)C1. The van der Waals surface area contributed by atoms with Crippen LogP contribution in [0.5, 0.6) is 0 Å². The highest BCUT2D eigenvalue weighted by atomic mass is 15.3. The van der Waals surface area contributed by atoms with Gasteiger partial charge in [-0.3, -0.25) is 4.90 Å². The third kappa shape index (κ3) is 3.53. The van der Waals surface area contributed by atoms with E-state index >= 15 is 0 Å². The molecular formula is C13H25N5. The molecule has 1 saturated heterocycles. The molecule has 1 fully saturated rings. The van der Waals surface area contributed by atoms with Gasteiger partial charge >= 0.3 is 0 Å². The third-order valence-corrected chi connectivity index (χ3v) is 3.59. The molecule has 1 N–H and O–H groups in total. The van der Waals surface area contributed by atoms with Crippen LogP contribution in [0, 0.1) is 0 Å². The van der Waals surface area contributed by atoms with Crippen LogP contribution in [0.15, 0.2) is 6.33 Å². The first-order valence-corrected chi connectivity index (χ1v) is 7.16. The first-order chi connectivity index (χ1) is 8.83. The van der Waals surface area contributed by atoms with E-state index in [1.807, 2.05) is 6.33 Å². The van der Waals surface area contributed by atoms with Gasteiger partial charge in [0.25, 0.3) is 0 Å². The van der Waals surface area contributed by atoms with Crippen LogP contribution in [0.3, 0.4) is 0 Å². The average Bonchev–Trinajstić information content (AvgIpc) is 2.84. The fourth-order valence-electron chi connectivity index (χ4n) is 2.58. The Balaban J connectivity index is 1.85. The van der Waals surface area contributed by atoms with E-state index in [1.165, 1.54) is 25.8 Å². The van der Waals surface area contributed by atoms with Gasteiger partial charge in [-0.25, -0.2) is 0 Å². The molecule has 1 aromatic heterocycles. The maximum absolute atomic E-state index is 4.22. The van der Waals surface area contributed by atoms with Crippen LogP contribution in [0.4, 0.5) is 0 Å². The van der Waals surface area contributed by atoms with Crippen LogP contribution in [-0.2, 0) is 13.1 Å². The standard InChI is InChI=1S/C13H25N5/c1-3-7-14-12-6-5-8-17(9-12)10-13-16-15-11-18(13)4-2/h11-12,14H,3-10H2,1-2H3. The minimum absolute atomic E-state index is 0.650. The average molecular weight is 251 g/mol. The molecule has 0 spiro atoms. The molecule has 0 radical (unpaired) electrons. The molecule has 2 rings (SSSR count). The van der Waals surface area contributed by atoms with Gasteiger partial charge < -0.3 is 9.88 Å². The van der Waals surface area contributed by atoms with Gasteiger partial charge in [-0.2, -0.15) is 0 Å². The molecular weight excluding hydrogens is 226 g/mol. The van der Waals surface area contributed by atoms with Gasteiger partial charge in [0, 0.05) is 19.1 Å². The van der Waals surface area contributed by atoms with E-state index in [-0.39, 0.29) is 0 Å². The highest BCUT2D eigenvalue weighted by Gasteiger charge is 2.20. The van der Waals surface area contributed by atoms with Crippen LogP contribution < -0.4 is 5.32 Å². The Kier molecular flexibility index (Phi) is 5.13. The first-order valence-electron chi connectivity index (χ1n) is 7.16. The molecule has 2 heterocycles. The second-order valence-electron chi connectivity index (χ2n) is 5.06. The molecule has 0 saturated carbocycles. The predicted molar refractivity (Wildman–Crippen MR) is 72.3 cm³/mol. The van der Waals surface area contributed by atoms with E-state index in [1.54, 1.807) is 0 Å². The van der Waals surface area contributed by atoms with Crippen LogP contribution in [0.25, 0.3) is 0 Å². The third-order valence-electron chi connectivity index (χ3n) is 3.59. The number of nitrogens with one attached hydrogen (secondary N) is 1. The van der Waals surface area contributed by atoms with Gasteiger partial charge in [0.05, 0.1) is 6.54 Å². The quantitative estimate of drug-likeness (QED) is 0.827. The summed E-state index contributed by atoms with van der Waals surface area (Å²) in [5.41, 5.74) is 0. The molecule has 0 aliphatic carbocycles. The summed E-state index contributed by atoms with van der Waals surface area (Å²) in [6.45, 7) is 9.68. The van der Waals surface area contributed by atoms with Crippen molar-refractivity contribution in [1.82, 2.24) is 25.0 Å². The van der Waals surface area contributed by atoms with Crippen molar-refractivity contribution in [1.29, 1.82) is 0 Å². The molecule has 1 aliphatic heterocycles. The number of aryl methyl sites for hydroxylation is 1. The van der Waals surface area contributed by atoms with Crippen molar-refractivity contribution in [2.24, 2.45) is 0 Å². The van der Waals surface area contributed by atoms with Gasteiger partial charge in [0.2, 0.25) is 0 Å². The molecule has 5 nitrogen and oxygen atoms in total. The Morgan fingerprint density at radius 3 is 3.11 bits per heavy atom. The monoisotopic (exact) mass is 251 g/mol. The number of hydrogen-bond acceptors (Lipinski definition) is 4. The molecule has 5 heteroatoms. The number of aromatic nitrogens is 3. The highest BCUT2D eigenvalue weighted by molar-refractivity contribution is 4.88. The molecule has 102 valence electrons. The van der Waals surface area contributed by atoms with Crippen LogP contribution in [0.1, 0.15) is 38.9 Å². The minimum atomic E-state index is 0.650. The second kappa shape index (κ2) is 6.85. The summed E-state index contributed by atoms with van der Waals surface area (Å²) < 4.78 is 2.13. The number of piperidine rings is 1. The molecule has 18 heavy (non-hydrogen) atoms. The lowest BCUT2D eigenvalue weighted by molar-refractivity contribution is 0.178. The maximum atomic E-state index is 4.22. The molecule has 0 aromatic carbocycles. The highest BCUT2D eigenvalue weighted by Crippen LogP contribution is 2.12. The fraction of sp³-hybridized carbons (Fsp3) is 0.846. The van der Waals surface area contributed by atoms with E-state index < -0.39 is 0 Å². The molecule has 0 amide bonds. The zero-order chi connectivity index (χ0) is 12.8. The summed E-state index contributed by atoms with van der Waals surface area (Å²) in [7, 11) is 0. The molecule has 1 atom stereocenters. The Hall–Kier alpha value is -0.940. The number of hydrogen-bond donors (Lipinski definition) is 1. The molecule has 0 bridgehead atoms. The van der Waals surface area contributed by atoms with Crippen molar-refractivity contribution in [2.45, 2.75) is 52.2 Å². The van der Waals surface area contributed by atoms with Crippen LogP contribution >= 0.6 is 0 Å². The van der Waals surface area contributed by atoms with Crippen molar-refractivity contribution in [3.05, 3.63) is 12.2 Å². The normalized spacial score (nSPS) is 21.3. The van der Waals surface area contributed by atoms with Gasteiger partial charge in [0.15, 0.2) is 0 Å². The van der Waals surface area contributed by atoms with E-state index in [0.717, 1.165) is 32.0 Å². The van der Waals surface area contributed by atoms with Gasteiger partial charge in [0.1, 0.15) is 12.2 Å².